The topological polar surface area (TPSA) is 0 Å². The molecule has 0 heterocycles. The van der Waals surface area contributed by atoms with Gasteiger partial charge in [-0.25, -0.2) is 0 Å². The van der Waals surface area contributed by atoms with Gasteiger partial charge in [-0.3, -0.25) is 0 Å². The summed E-state index contributed by atoms with van der Waals surface area (Å²) in [7, 11) is 0. The minimum Gasteiger partial charge on any atom is -0.0599 e. The first-order chi connectivity index (χ1) is 52.2. The predicted octanol–water partition coefficient (Wildman–Crippen LogP) is 32.2. The summed E-state index contributed by atoms with van der Waals surface area (Å²) in [4.78, 5) is 0. The van der Waals surface area contributed by atoms with Crippen LogP contribution < -0.4 is 0 Å². The molecule has 0 nitrogen and oxygen atoms in total. The van der Waals surface area contributed by atoms with E-state index in [0.717, 1.165) is 72.3 Å². The van der Waals surface area contributed by atoms with Crippen molar-refractivity contribution < 1.29 is 16.4 Å². The van der Waals surface area contributed by atoms with E-state index in [0.29, 0.717) is 32.9 Å². The minimum atomic E-state index is -2.24. The second-order valence-corrected chi connectivity index (χ2v) is 43.0. The fraction of sp³-hybridized carbons (Fsp3) is 0.600. The molecule has 582 valence electrons. The van der Waals surface area contributed by atoms with Crippen molar-refractivity contribution in [2.24, 2.45) is 27.1 Å². The molecule has 0 radical (unpaired) electrons. The Labute approximate surface area is 669 Å². The largest absolute Gasteiger partial charge is 0.0599 e. The molecule has 0 aliphatic heterocycles. The van der Waals surface area contributed by atoms with Gasteiger partial charge in [0.1, 0.15) is 0 Å². The number of hydrogen-bond donors (Lipinski definition) is 0. The Kier molecular flexibility index (Phi) is 25.2. The Morgan fingerprint density at radius 2 is 0.638 bits per heavy atom. The molecule has 9 rings (SSSR count). The second-order valence-electron chi connectivity index (χ2n) is 43.0. The van der Waals surface area contributed by atoms with Gasteiger partial charge in [0.15, 0.2) is 0 Å². The number of aryl methyl sites for hydroxylation is 8. The molecular formula is C105H162. The molecule has 2 fully saturated rings. The maximum Gasteiger partial charge on any atom is 0.0352 e. The van der Waals surface area contributed by atoms with Crippen LogP contribution in [0.2, 0.25) is 0 Å². The summed E-state index contributed by atoms with van der Waals surface area (Å²) < 4.78 is 95.8. The van der Waals surface area contributed by atoms with Gasteiger partial charge in [0.25, 0.3) is 0 Å². The third-order valence-corrected chi connectivity index (χ3v) is 20.8. The molecule has 0 saturated heterocycles. The molecule has 0 aromatic heterocycles. The van der Waals surface area contributed by atoms with Crippen LogP contribution in [-0.4, -0.2) is 0 Å². The predicted molar refractivity (Wildman–Crippen MR) is 474 cm³/mol. The Hall–Kier alpha value is -5.46. The number of benzene rings is 7. The normalized spacial score (nSPS) is 17.9. The Morgan fingerprint density at radius 1 is 0.324 bits per heavy atom. The molecule has 2 saturated carbocycles. The summed E-state index contributed by atoms with van der Waals surface area (Å²) in [6, 6.07) is 44.3. The first-order valence-electron chi connectivity index (χ1n) is 46.1. The van der Waals surface area contributed by atoms with Gasteiger partial charge in [-0.05, 0) is 308 Å². The summed E-state index contributed by atoms with van der Waals surface area (Å²) in [6.07, 6.45) is 9.55. The summed E-state index contributed by atoms with van der Waals surface area (Å²) in [5.41, 5.74) is 24.0. The van der Waals surface area contributed by atoms with Crippen molar-refractivity contribution in [1.29, 1.82) is 0 Å². The molecular weight excluding hydrogens is 1260 g/mol. The smallest absolute Gasteiger partial charge is 0.0352 e. The fourth-order valence-corrected chi connectivity index (χ4v) is 15.2. The second kappa shape index (κ2) is 35.9. The fourth-order valence-electron chi connectivity index (χ4n) is 15.2. The van der Waals surface area contributed by atoms with E-state index in [2.05, 4.69) is 266 Å². The van der Waals surface area contributed by atoms with Crippen LogP contribution in [0.3, 0.4) is 0 Å². The van der Waals surface area contributed by atoms with Crippen molar-refractivity contribution in [3.63, 3.8) is 0 Å². The van der Waals surface area contributed by atoms with Gasteiger partial charge in [0.05, 0.1) is 0 Å². The Morgan fingerprint density at radius 3 is 1.00 bits per heavy atom. The van der Waals surface area contributed by atoms with Gasteiger partial charge in [0.2, 0.25) is 0 Å². The molecule has 0 amide bonds. The van der Waals surface area contributed by atoms with Gasteiger partial charge in [-0.15, -0.1) is 0 Å². The van der Waals surface area contributed by atoms with Crippen molar-refractivity contribution in [3.05, 3.63) is 233 Å². The highest BCUT2D eigenvalue weighted by atomic mass is 14.4. The highest BCUT2D eigenvalue weighted by Gasteiger charge is 2.31. The van der Waals surface area contributed by atoms with Crippen LogP contribution >= 0.6 is 0 Å². The first-order valence-corrected chi connectivity index (χ1v) is 40.1. The average molecular weight is 1440 g/mol. The van der Waals surface area contributed by atoms with E-state index in [1.165, 1.54) is 92.9 Å². The van der Waals surface area contributed by atoms with Crippen molar-refractivity contribution in [3.8, 4) is 11.1 Å². The number of hydrogen-bond acceptors (Lipinski definition) is 0. The molecule has 7 aromatic carbocycles. The third kappa shape index (κ3) is 30.8. The minimum absolute atomic E-state index is 0.149. The highest BCUT2D eigenvalue weighted by molar-refractivity contribution is 5.69. The van der Waals surface area contributed by atoms with Crippen molar-refractivity contribution in [2.45, 2.75) is 385 Å². The zero-order chi connectivity index (χ0) is 90.6. The summed E-state index contributed by atoms with van der Waals surface area (Å²) in [6.45, 7) is 71.5. The molecule has 0 heteroatoms. The molecule has 0 unspecified atom stereocenters. The molecule has 0 spiro atoms. The van der Waals surface area contributed by atoms with E-state index in [4.69, 9.17) is 16.4 Å². The van der Waals surface area contributed by atoms with Gasteiger partial charge in [-0.2, -0.15) is 0 Å². The molecule has 105 heavy (non-hydrogen) atoms. The molecule has 0 N–H and O–H groups in total. The van der Waals surface area contributed by atoms with E-state index < -0.39 is 38.2 Å². The summed E-state index contributed by atoms with van der Waals surface area (Å²) in [5.74, 6) is 0.145. The van der Waals surface area contributed by atoms with E-state index in [-0.39, 0.29) is 43.5 Å². The van der Waals surface area contributed by atoms with Crippen LogP contribution in [0.1, 0.15) is 400 Å². The van der Waals surface area contributed by atoms with Crippen molar-refractivity contribution in [1.82, 2.24) is 0 Å². The maximum atomic E-state index is 8.88. The van der Waals surface area contributed by atoms with Gasteiger partial charge >= 0.3 is 0 Å². The zero-order valence-corrected chi connectivity index (χ0v) is 74.3. The van der Waals surface area contributed by atoms with E-state index in [9.17, 15) is 0 Å². The highest BCUT2D eigenvalue weighted by Crippen LogP contribution is 2.45. The quantitative estimate of drug-likeness (QED) is 0.156. The van der Waals surface area contributed by atoms with Crippen LogP contribution in [0.25, 0.3) is 11.1 Å². The Balaban J connectivity index is 0.000000296. The van der Waals surface area contributed by atoms with Crippen LogP contribution in [-0.2, 0) is 51.7 Å². The lowest BCUT2D eigenvalue weighted by Crippen LogP contribution is -2.20. The van der Waals surface area contributed by atoms with Crippen molar-refractivity contribution in [2.75, 3.05) is 0 Å². The van der Waals surface area contributed by atoms with Gasteiger partial charge in [0, 0.05) is 16.4 Å². The third-order valence-electron chi connectivity index (χ3n) is 20.8. The average Bonchev–Trinajstić information content (AvgIpc) is 0.768. The molecule has 2 aliphatic rings. The van der Waals surface area contributed by atoms with Crippen LogP contribution in [0.15, 0.2) is 127 Å². The standard InChI is InChI=1S/C19H24.2C19H30.3C16H26/c1-13-7-9-17(14(2)11-13)16-8-10-18(15(3)12-16)19(4,5)6;2*1-14-13-16(7-8-17(14)18(2,3)4)15-9-11-19(5,6)12-10-15;3*1-12-10-13(11-15(2,3)4)8-9-14(12)16(5,6)7/h7-12H,1-6H3;2*7-8,13,15H,9-12H2,1-6H3;3*8-10H,11H2,1-7H3/i;1D3,15D;;1D3,11D2;1D3;. The lowest BCUT2D eigenvalue weighted by atomic mass is 9.71. The van der Waals surface area contributed by atoms with Crippen LogP contribution in [0, 0.1) is 82.2 Å². The Bertz CT molecular complexity index is 4380. The number of rotatable bonds is 6. The van der Waals surface area contributed by atoms with Crippen molar-refractivity contribution >= 4 is 0 Å². The summed E-state index contributed by atoms with van der Waals surface area (Å²) >= 11 is 0. The monoisotopic (exact) mass is 1440 g/mol. The van der Waals surface area contributed by atoms with E-state index in [1.807, 2.05) is 86.6 Å². The van der Waals surface area contributed by atoms with E-state index in [1.54, 1.807) is 23.8 Å². The van der Waals surface area contributed by atoms with Gasteiger partial charge in [-0.1, -0.05) is 348 Å². The van der Waals surface area contributed by atoms with Crippen LogP contribution in [0.4, 0.5) is 0 Å². The zero-order valence-electron chi connectivity index (χ0n) is 86.3. The molecule has 2 aliphatic carbocycles. The summed E-state index contributed by atoms with van der Waals surface area (Å²) in [5, 5.41) is 0. The SMILES string of the molecule is Cc1cc(C2CCC(C)(C)CC2)ccc1C(C)(C)C.Cc1cc(CC(C)(C)C)ccc1C(C)(C)C.Cc1ccc(-c2ccc(C(C)(C)C)c(C)c2)c(C)c1.[2H]C([2H])([2H])c1cc(C([2H])([2H])C(C)(C)C)ccc1C(C)(C)C.[2H]C([2H])([2H])c1cc(C2([2H])CCC(C)(C)CC2)ccc1C(C)(C)C.[2H]C([2H])([2H])c1cc(CC(C)(C)C)ccc1C(C)(C)C. The van der Waals surface area contributed by atoms with Gasteiger partial charge < -0.3 is 0 Å². The maximum absolute atomic E-state index is 8.88. The first kappa shape index (κ1) is 73.7. The van der Waals surface area contributed by atoms with Crippen LogP contribution in [0.5, 0.6) is 0 Å². The molecule has 0 atom stereocenters. The molecule has 0 bridgehead atoms. The lowest BCUT2D eigenvalue weighted by Gasteiger charge is -2.35. The lowest BCUT2D eigenvalue weighted by molar-refractivity contribution is 0.224. The molecule has 7 aromatic rings. The van der Waals surface area contributed by atoms with E-state index >= 15 is 0 Å².